The van der Waals surface area contributed by atoms with Crippen molar-refractivity contribution < 1.29 is 19.4 Å². The number of carbonyl (C=O) groups excluding carboxylic acids is 1. The molecule has 1 aliphatic heterocycles. The lowest BCUT2D eigenvalue weighted by Gasteiger charge is -2.35. The summed E-state index contributed by atoms with van der Waals surface area (Å²) in [5.74, 6) is -0.468. The second-order valence-electron chi connectivity index (χ2n) is 7.01. The number of fused-ring (bicyclic) bond motifs is 1. The van der Waals surface area contributed by atoms with Crippen molar-refractivity contribution in [2.24, 2.45) is 0 Å². The van der Waals surface area contributed by atoms with E-state index in [2.05, 4.69) is 19.2 Å². The Labute approximate surface area is 152 Å². The Balaban J connectivity index is 1.99. The standard InChI is InChI=1S/C21H21NO4/c1-21(2)12-15-8-9-16(26-3)10-17(15)18(22-21)11-19(23)13-4-6-14(7-5-13)20(24)25/h4-11,22H,12H2,1-3H3,(H,24,25). The van der Waals surface area contributed by atoms with Crippen LogP contribution in [0.3, 0.4) is 0 Å². The largest absolute Gasteiger partial charge is 0.497 e. The van der Waals surface area contributed by atoms with E-state index in [1.54, 1.807) is 13.2 Å². The van der Waals surface area contributed by atoms with Crippen molar-refractivity contribution in [3.63, 3.8) is 0 Å². The molecular weight excluding hydrogens is 330 g/mol. The number of allylic oxidation sites excluding steroid dienone is 1. The second-order valence-corrected chi connectivity index (χ2v) is 7.01. The molecule has 0 saturated carbocycles. The van der Waals surface area contributed by atoms with E-state index < -0.39 is 5.97 Å². The third-order valence-corrected chi connectivity index (χ3v) is 4.40. The Bertz CT molecular complexity index is 895. The van der Waals surface area contributed by atoms with Gasteiger partial charge in [0.25, 0.3) is 0 Å². The lowest BCUT2D eigenvalue weighted by Crippen LogP contribution is -2.43. The number of carboxylic acid groups (broad SMARTS) is 1. The van der Waals surface area contributed by atoms with Crippen LogP contribution in [0.15, 0.2) is 48.5 Å². The van der Waals surface area contributed by atoms with E-state index in [-0.39, 0.29) is 16.9 Å². The van der Waals surface area contributed by atoms with Gasteiger partial charge in [0.2, 0.25) is 0 Å². The monoisotopic (exact) mass is 351 g/mol. The first-order chi connectivity index (χ1) is 12.3. The van der Waals surface area contributed by atoms with Gasteiger partial charge in [0.05, 0.1) is 12.7 Å². The van der Waals surface area contributed by atoms with Crippen LogP contribution in [0.5, 0.6) is 5.75 Å². The number of methoxy groups -OCH3 is 1. The highest BCUT2D eigenvalue weighted by Gasteiger charge is 2.28. The molecule has 0 unspecified atom stereocenters. The summed E-state index contributed by atoms with van der Waals surface area (Å²) >= 11 is 0. The van der Waals surface area contributed by atoms with Crippen molar-refractivity contribution in [1.29, 1.82) is 0 Å². The molecule has 2 N–H and O–H groups in total. The lowest BCUT2D eigenvalue weighted by atomic mass is 9.85. The number of benzene rings is 2. The van der Waals surface area contributed by atoms with Crippen LogP contribution in [0.25, 0.3) is 5.70 Å². The molecule has 5 heteroatoms. The molecule has 2 aromatic carbocycles. The van der Waals surface area contributed by atoms with Crippen molar-refractivity contribution in [1.82, 2.24) is 5.32 Å². The van der Waals surface area contributed by atoms with Gasteiger partial charge >= 0.3 is 5.97 Å². The Morgan fingerprint density at radius 1 is 1.12 bits per heavy atom. The molecule has 1 heterocycles. The summed E-state index contributed by atoms with van der Waals surface area (Å²) in [4.78, 5) is 23.6. The number of ether oxygens (including phenoxy) is 1. The number of ketones is 1. The van der Waals surface area contributed by atoms with Gasteiger partial charge in [-0.1, -0.05) is 18.2 Å². The van der Waals surface area contributed by atoms with Crippen LogP contribution in [0, 0.1) is 0 Å². The quantitative estimate of drug-likeness (QED) is 0.651. The highest BCUT2D eigenvalue weighted by molar-refractivity contribution is 6.09. The summed E-state index contributed by atoms with van der Waals surface area (Å²) in [6.45, 7) is 4.17. The highest BCUT2D eigenvalue weighted by atomic mass is 16.5. The lowest BCUT2D eigenvalue weighted by molar-refractivity contribution is 0.0696. The third-order valence-electron chi connectivity index (χ3n) is 4.40. The van der Waals surface area contributed by atoms with Gasteiger partial charge in [-0.25, -0.2) is 4.79 Å². The van der Waals surface area contributed by atoms with Crippen molar-refractivity contribution in [2.75, 3.05) is 7.11 Å². The average molecular weight is 351 g/mol. The Morgan fingerprint density at radius 3 is 2.38 bits per heavy atom. The fourth-order valence-electron chi connectivity index (χ4n) is 3.14. The molecule has 0 atom stereocenters. The Hall–Kier alpha value is -3.08. The van der Waals surface area contributed by atoms with E-state index in [1.165, 1.54) is 24.3 Å². The minimum Gasteiger partial charge on any atom is -0.497 e. The molecule has 0 amide bonds. The van der Waals surface area contributed by atoms with Gasteiger partial charge in [-0.05, 0) is 50.1 Å². The minimum absolute atomic E-state index is 0.154. The summed E-state index contributed by atoms with van der Waals surface area (Å²) in [5, 5.41) is 12.4. The molecule has 0 bridgehead atoms. The predicted molar refractivity (Wildman–Crippen MR) is 99.6 cm³/mol. The zero-order valence-corrected chi connectivity index (χ0v) is 15.0. The maximum atomic E-state index is 12.7. The zero-order chi connectivity index (χ0) is 18.9. The number of carbonyl (C=O) groups is 2. The number of rotatable bonds is 4. The molecule has 0 aliphatic carbocycles. The van der Waals surface area contributed by atoms with E-state index in [4.69, 9.17) is 9.84 Å². The molecule has 2 aromatic rings. The first kappa shape index (κ1) is 17.7. The van der Waals surface area contributed by atoms with Gasteiger partial charge in [0, 0.05) is 28.4 Å². The maximum Gasteiger partial charge on any atom is 0.335 e. The van der Waals surface area contributed by atoms with Gasteiger partial charge in [0.15, 0.2) is 5.78 Å². The van der Waals surface area contributed by atoms with Gasteiger partial charge in [-0.2, -0.15) is 0 Å². The number of hydrogen-bond acceptors (Lipinski definition) is 4. The molecule has 0 radical (unpaired) electrons. The fraction of sp³-hybridized carbons (Fsp3) is 0.238. The van der Waals surface area contributed by atoms with E-state index >= 15 is 0 Å². The topological polar surface area (TPSA) is 75.6 Å². The van der Waals surface area contributed by atoms with E-state index in [0.29, 0.717) is 5.56 Å². The molecular formula is C21H21NO4. The van der Waals surface area contributed by atoms with Gasteiger partial charge < -0.3 is 15.2 Å². The zero-order valence-electron chi connectivity index (χ0n) is 15.0. The fourth-order valence-corrected chi connectivity index (χ4v) is 3.14. The maximum absolute atomic E-state index is 12.7. The molecule has 1 aliphatic rings. The SMILES string of the molecule is COc1ccc2c(c1)C(=CC(=O)c1ccc(C(=O)O)cc1)NC(C)(C)C2. The number of hydrogen-bond donors (Lipinski definition) is 2. The third kappa shape index (κ3) is 3.61. The van der Waals surface area contributed by atoms with Crippen LogP contribution in [-0.4, -0.2) is 29.5 Å². The number of nitrogens with one attached hydrogen (secondary N) is 1. The highest BCUT2D eigenvalue weighted by Crippen LogP contribution is 2.32. The summed E-state index contributed by atoms with van der Waals surface area (Å²) in [6, 6.07) is 11.8. The van der Waals surface area contributed by atoms with E-state index in [0.717, 1.165) is 29.0 Å². The molecule has 0 aromatic heterocycles. The normalized spacial score (nSPS) is 16.5. The Morgan fingerprint density at radius 2 is 1.77 bits per heavy atom. The van der Waals surface area contributed by atoms with Crippen LogP contribution in [0.2, 0.25) is 0 Å². The van der Waals surface area contributed by atoms with Gasteiger partial charge in [-0.3, -0.25) is 4.79 Å². The van der Waals surface area contributed by atoms with Crippen LogP contribution in [-0.2, 0) is 6.42 Å². The Kier molecular flexibility index (Phi) is 4.55. The molecule has 26 heavy (non-hydrogen) atoms. The summed E-state index contributed by atoms with van der Waals surface area (Å²) in [7, 11) is 1.61. The first-order valence-corrected chi connectivity index (χ1v) is 8.34. The summed E-state index contributed by atoms with van der Waals surface area (Å²) in [6.07, 6.45) is 2.40. The molecule has 0 saturated heterocycles. The van der Waals surface area contributed by atoms with Crippen molar-refractivity contribution in [3.05, 3.63) is 70.8 Å². The van der Waals surface area contributed by atoms with E-state index in [1.807, 2.05) is 18.2 Å². The predicted octanol–water partition coefficient (Wildman–Crippen LogP) is 3.54. The van der Waals surface area contributed by atoms with Crippen molar-refractivity contribution >= 4 is 17.4 Å². The first-order valence-electron chi connectivity index (χ1n) is 8.34. The second kappa shape index (κ2) is 6.67. The summed E-state index contributed by atoms with van der Waals surface area (Å²) < 4.78 is 5.31. The van der Waals surface area contributed by atoms with Crippen LogP contribution in [0.4, 0.5) is 0 Å². The van der Waals surface area contributed by atoms with Gasteiger partial charge in [-0.15, -0.1) is 0 Å². The van der Waals surface area contributed by atoms with Gasteiger partial charge in [0.1, 0.15) is 5.75 Å². The van der Waals surface area contributed by atoms with Crippen molar-refractivity contribution in [2.45, 2.75) is 25.8 Å². The number of carboxylic acids is 1. The van der Waals surface area contributed by atoms with Crippen molar-refractivity contribution in [3.8, 4) is 5.75 Å². The average Bonchev–Trinajstić information content (AvgIpc) is 2.60. The smallest absolute Gasteiger partial charge is 0.335 e. The van der Waals surface area contributed by atoms with Crippen LogP contribution in [0.1, 0.15) is 45.7 Å². The molecule has 3 rings (SSSR count). The number of aromatic carboxylic acids is 1. The summed E-state index contributed by atoms with van der Waals surface area (Å²) in [5.41, 5.74) is 3.25. The van der Waals surface area contributed by atoms with Crippen LogP contribution < -0.4 is 10.1 Å². The molecule has 5 nitrogen and oxygen atoms in total. The molecule has 0 spiro atoms. The minimum atomic E-state index is -1.01. The molecule has 0 fully saturated rings. The molecule has 134 valence electrons. The van der Waals surface area contributed by atoms with Crippen LogP contribution >= 0.6 is 0 Å². The van der Waals surface area contributed by atoms with E-state index in [9.17, 15) is 9.59 Å².